The van der Waals surface area contributed by atoms with E-state index in [0.717, 1.165) is 18.7 Å². The lowest BCUT2D eigenvalue weighted by molar-refractivity contribution is 0.0276. The first-order valence-corrected chi connectivity index (χ1v) is 9.97. The van der Waals surface area contributed by atoms with Crippen molar-refractivity contribution in [2.75, 3.05) is 40.3 Å². The van der Waals surface area contributed by atoms with Gasteiger partial charge in [0.2, 0.25) is 5.88 Å². The van der Waals surface area contributed by atoms with Crippen molar-refractivity contribution in [2.45, 2.75) is 25.0 Å². The monoisotopic (exact) mass is 370 g/mol. The highest BCUT2D eigenvalue weighted by atomic mass is 32.2. The fraction of sp³-hybridized carbons (Fsp3) is 0.688. The zero-order valence-electron chi connectivity index (χ0n) is 14.6. The zero-order chi connectivity index (χ0) is 18.0. The molecule has 2 heterocycles. The molecule has 1 aliphatic heterocycles. The van der Waals surface area contributed by atoms with Crippen molar-refractivity contribution >= 4 is 10.2 Å². The first-order valence-electron chi connectivity index (χ1n) is 8.53. The van der Waals surface area contributed by atoms with Gasteiger partial charge in [0.25, 0.3) is 10.2 Å². The van der Waals surface area contributed by atoms with Gasteiger partial charge in [0.15, 0.2) is 0 Å². The van der Waals surface area contributed by atoms with Crippen LogP contribution in [-0.4, -0.2) is 74.2 Å². The second kappa shape index (κ2) is 7.55. The van der Waals surface area contributed by atoms with Crippen molar-refractivity contribution in [3.8, 4) is 5.88 Å². The fourth-order valence-electron chi connectivity index (χ4n) is 3.30. The highest BCUT2D eigenvalue weighted by molar-refractivity contribution is 7.87. The topological polar surface area (TPSA) is 95.0 Å². The van der Waals surface area contributed by atoms with Gasteiger partial charge >= 0.3 is 0 Å². The minimum atomic E-state index is -3.59. The third-order valence-corrected chi connectivity index (χ3v) is 6.62. The normalized spacial score (nSPS) is 26.8. The van der Waals surface area contributed by atoms with E-state index >= 15 is 0 Å². The number of aliphatic hydroxyl groups excluding tert-OH is 1. The molecule has 0 spiro atoms. The number of nitrogens with one attached hydrogen (secondary N) is 1. The Hall–Kier alpha value is -1.26. The van der Waals surface area contributed by atoms with Crippen LogP contribution < -0.4 is 9.46 Å². The molecule has 1 aliphatic carbocycles. The molecule has 2 N–H and O–H groups in total. The predicted octanol–water partition coefficient (Wildman–Crippen LogP) is -0.0160. The van der Waals surface area contributed by atoms with E-state index < -0.39 is 16.3 Å². The summed E-state index contributed by atoms with van der Waals surface area (Å²) in [5.74, 6) is 0.547. The Bertz CT molecular complexity index is 668. The average Bonchev–Trinajstić information content (AvgIpc) is 2.58. The summed E-state index contributed by atoms with van der Waals surface area (Å²) in [5.41, 5.74) is 0.787. The number of aliphatic hydroxyl groups is 1. The van der Waals surface area contributed by atoms with Gasteiger partial charge in [-0.05, 0) is 31.4 Å². The van der Waals surface area contributed by atoms with Crippen LogP contribution in [0.5, 0.6) is 5.88 Å². The molecule has 140 valence electrons. The Morgan fingerprint density at radius 3 is 2.48 bits per heavy atom. The summed E-state index contributed by atoms with van der Waals surface area (Å²) >= 11 is 0. The molecule has 3 rings (SSSR count). The molecular formula is C16H26N4O4S. The third-order valence-electron chi connectivity index (χ3n) is 5.03. The molecule has 1 aromatic heterocycles. The van der Waals surface area contributed by atoms with E-state index in [4.69, 9.17) is 4.74 Å². The maximum atomic E-state index is 12.8. The lowest BCUT2D eigenvalue weighted by Gasteiger charge is -2.39. The van der Waals surface area contributed by atoms with Crippen LogP contribution in [0, 0.1) is 5.92 Å². The predicted molar refractivity (Wildman–Crippen MR) is 93.4 cm³/mol. The standard InChI is InChI=1S/C16H26N4O4S/c1-19-5-7-20(8-6-19)25(22,23)18-16(13-9-14(21)10-13)12-3-4-15(24-2)17-11-12/h3-4,11,13-14,16,18,21H,5-10H2,1-2H3/t13?,14?,16-/m0/s1. The summed E-state index contributed by atoms with van der Waals surface area (Å²) in [5, 5.41) is 9.64. The molecule has 8 nitrogen and oxygen atoms in total. The van der Waals surface area contributed by atoms with Gasteiger partial charge < -0.3 is 14.7 Å². The number of aromatic nitrogens is 1. The van der Waals surface area contributed by atoms with Gasteiger partial charge in [-0.15, -0.1) is 0 Å². The summed E-state index contributed by atoms with van der Waals surface area (Å²) in [7, 11) is -0.0679. The summed E-state index contributed by atoms with van der Waals surface area (Å²) in [6, 6.07) is 3.15. The van der Waals surface area contributed by atoms with E-state index in [0.29, 0.717) is 31.8 Å². The quantitative estimate of drug-likeness (QED) is 0.731. The molecule has 0 bridgehead atoms. The maximum Gasteiger partial charge on any atom is 0.280 e. The smallest absolute Gasteiger partial charge is 0.280 e. The molecule has 0 amide bonds. The molecule has 1 saturated heterocycles. The Morgan fingerprint density at radius 2 is 1.96 bits per heavy atom. The largest absolute Gasteiger partial charge is 0.481 e. The molecule has 0 aromatic carbocycles. The van der Waals surface area contributed by atoms with Crippen molar-refractivity contribution in [3.05, 3.63) is 23.9 Å². The van der Waals surface area contributed by atoms with Gasteiger partial charge in [-0.2, -0.15) is 17.4 Å². The zero-order valence-corrected chi connectivity index (χ0v) is 15.4. The Morgan fingerprint density at radius 1 is 1.28 bits per heavy atom. The van der Waals surface area contributed by atoms with Crippen LogP contribution >= 0.6 is 0 Å². The highest BCUT2D eigenvalue weighted by Gasteiger charge is 2.38. The van der Waals surface area contributed by atoms with Crippen molar-refractivity contribution in [3.63, 3.8) is 0 Å². The molecule has 9 heteroatoms. The molecule has 0 radical (unpaired) electrons. The summed E-state index contributed by atoms with van der Waals surface area (Å²) in [6.45, 7) is 2.40. The summed E-state index contributed by atoms with van der Waals surface area (Å²) in [4.78, 5) is 6.30. The number of nitrogens with zero attached hydrogens (tertiary/aromatic N) is 3. The summed E-state index contributed by atoms with van der Waals surface area (Å²) in [6.07, 6.45) is 2.46. The van der Waals surface area contributed by atoms with E-state index in [1.54, 1.807) is 12.3 Å². The van der Waals surface area contributed by atoms with E-state index in [1.807, 2.05) is 13.1 Å². The minimum absolute atomic E-state index is 0.0624. The molecule has 1 saturated carbocycles. The van der Waals surface area contributed by atoms with Gasteiger partial charge in [0, 0.05) is 38.4 Å². The number of pyridine rings is 1. The van der Waals surface area contributed by atoms with Crippen LogP contribution in [0.15, 0.2) is 18.3 Å². The van der Waals surface area contributed by atoms with Crippen LogP contribution in [0.3, 0.4) is 0 Å². The molecule has 25 heavy (non-hydrogen) atoms. The van der Waals surface area contributed by atoms with Crippen molar-refractivity contribution in [1.29, 1.82) is 0 Å². The molecule has 1 aromatic rings. The SMILES string of the molecule is COc1ccc([C@H](NS(=O)(=O)N2CCN(C)CC2)C2CC(O)C2)cn1. The lowest BCUT2D eigenvalue weighted by atomic mass is 9.76. The van der Waals surface area contributed by atoms with E-state index in [9.17, 15) is 13.5 Å². The second-order valence-corrected chi connectivity index (χ2v) is 8.52. The number of hydrogen-bond donors (Lipinski definition) is 2. The average molecular weight is 370 g/mol. The van der Waals surface area contributed by atoms with Gasteiger partial charge in [-0.1, -0.05) is 6.07 Å². The minimum Gasteiger partial charge on any atom is -0.481 e. The lowest BCUT2D eigenvalue weighted by Crippen LogP contribution is -2.53. The Labute approximate surface area is 149 Å². The number of piperazine rings is 1. The van der Waals surface area contributed by atoms with Crippen LogP contribution in [0.1, 0.15) is 24.4 Å². The van der Waals surface area contributed by atoms with Gasteiger partial charge in [-0.3, -0.25) is 0 Å². The first-order chi connectivity index (χ1) is 11.9. The number of ether oxygens (including phenoxy) is 1. The number of likely N-dealkylation sites (N-methyl/N-ethyl adjacent to an activating group) is 1. The third kappa shape index (κ3) is 4.29. The van der Waals surface area contributed by atoms with Gasteiger partial charge in [0.1, 0.15) is 0 Å². The molecule has 0 unspecified atom stereocenters. The Balaban J connectivity index is 1.77. The van der Waals surface area contributed by atoms with Crippen LogP contribution in [0.4, 0.5) is 0 Å². The molecule has 2 aliphatic rings. The van der Waals surface area contributed by atoms with Crippen molar-refractivity contribution < 1.29 is 18.3 Å². The van der Waals surface area contributed by atoms with Crippen LogP contribution in [0.25, 0.3) is 0 Å². The maximum absolute atomic E-state index is 12.8. The van der Waals surface area contributed by atoms with Gasteiger partial charge in [0.05, 0.1) is 19.3 Å². The second-order valence-electron chi connectivity index (χ2n) is 6.82. The van der Waals surface area contributed by atoms with Crippen molar-refractivity contribution in [2.24, 2.45) is 5.92 Å². The molecule has 2 fully saturated rings. The number of methoxy groups -OCH3 is 1. The van der Waals surface area contributed by atoms with E-state index in [-0.39, 0.29) is 12.0 Å². The first kappa shape index (κ1) is 18.5. The van der Waals surface area contributed by atoms with Crippen molar-refractivity contribution in [1.82, 2.24) is 18.9 Å². The number of rotatable bonds is 6. The fourth-order valence-corrected chi connectivity index (χ4v) is 4.74. The Kier molecular flexibility index (Phi) is 5.59. The number of hydrogen-bond acceptors (Lipinski definition) is 6. The van der Waals surface area contributed by atoms with Crippen LogP contribution in [0.2, 0.25) is 0 Å². The highest BCUT2D eigenvalue weighted by Crippen LogP contribution is 2.38. The molecule has 1 atom stereocenters. The summed E-state index contributed by atoms with van der Waals surface area (Å²) < 4.78 is 35.0. The van der Waals surface area contributed by atoms with Gasteiger partial charge in [-0.25, -0.2) is 4.98 Å². The molecular weight excluding hydrogens is 344 g/mol. The van der Waals surface area contributed by atoms with E-state index in [2.05, 4.69) is 14.6 Å². The van der Waals surface area contributed by atoms with Crippen LogP contribution in [-0.2, 0) is 10.2 Å². The van der Waals surface area contributed by atoms with E-state index in [1.165, 1.54) is 11.4 Å².